The van der Waals surface area contributed by atoms with E-state index < -0.39 is 0 Å². The molecule has 2 N–H and O–H groups in total. The van der Waals surface area contributed by atoms with E-state index in [0.29, 0.717) is 5.17 Å². The number of nitrogens with zero attached hydrogens (tertiary/aromatic N) is 1. The smallest absolute Gasteiger partial charge is 0.221 e. The van der Waals surface area contributed by atoms with Crippen molar-refractivity contribution < 1.29 is 4.79 Å². The van der Waals surface area contributed by atoms with Crippen molar-refractivity contribution in [1.82, 2.24) is 5.43 Å². The SMILES string of the molecule is CN/N=C(\Cl)c1ccc(NC(C)=O)cc1. The zero-order chi connectivity index (χ0) is 11.3. The fraction of sp³-hybridized carbons (Fsp3) is 0.200. The number of nitrogens with one attached hydrogen (secondary N) is 2. The van der Waals surface area contributed by atoms with E-state index in [1.54, 1.807) is 31.3 Å². The van der Waals surface area contributed by atoms with Crippen LogP contribution in [-0.2, 0) is 4.79 Å². The van der Waals surface area contributed by atoms with Crippen molar-refractivity contribution >= 4 is 28.4 Å². The molecule has 1 aromatic carbocycles. The summed E-state index contributed by atoms with van der Waals surface area (Å²) in [5, 5.41) is 6.88. The summed E-state index contributed by atoms with van der Waals surface area (Å²) in [7, 11) is 1.67. The molecule has 5 heteroatoms. The van der Waals surface area contributed by atoms with Gasteiger partial charge in [0.15, 0.2) is 5.17 Å². The lowest BCUT2D eigenvalue weighted by Crippen LogP contribution is -2.06. The van der Waals surface area contributed by atoms with Gasteiger partial charge in [0.2, 0.25) is 5.91 Å². The van der Waals surface area contributed by atoms with Gasteiger partial charge < -0.3 is 10.7 Å². The van der Waals surface area contributed by atoms with Gasteiger partial charge in [-0.3, -0.25) is 4.79 Å². The lowest BCUT2D eigenvalue weighted by atomic mass is 10.2. The molecular weight excluding hydrogens is 214 g/mol. The molecule has 0 aliphatic rings. The Bertz CT molecular complexity index is 373. The van der Waals surface area contributed by atoms with Crippen molar-refractivity contribution in [1.29, 1.82) is 0 Å². The Morgan fingerprint density at radius 3 is 2.40 bits per heavy atom. The summed E-state index contributed by atoms with van der Waals surface area (Å²) in [5.41, 5.74) is 4.13. The molecule has 0 bridgehead atoms. The first kappa shape index (κ1) is 11.5. The Balaban J connectivity index is 2.80. The molecule has 4 nitrogen and oxygen atoms in total. The summed E-state index contributed by atoms with van der Waals surface area (Å²) < 4.78 is 0. The van der Waals surface area contributed by atoms with Crippen LogP contribution >= 0.6 is 11.6 Å². The Labute approximate surface area is 93.3 Å². The van der Waals surface area contributed by atoms with Gasteiger partial charge in [-0.1, -0.05) is 11.6 Å². The molecule has 15 heavy (non-hydrogen) atoms. The first-order valence-electron chi connectivity index (χ1n) is 4.41. The number of rotatable bonds is 3. The summed E-state index contributed by atoms with van der Waals surface area (Å²) in [6, 6.07) is 7.11. The number of carbonyl (C=O) groups is 1. The minimum atomic E-state index is -0.0993. The summed E-state index contributed by atoms with van der Waals surface area (Å²) in [6.45, 7) is 1.46. The van der Waals surface area contributed by atoms with E-state index in [1.165, 1.54) is 6.92 Å². The molecule has 0 atom stereocenters. The maximum absolute atomic E-state index is 10.8. The van der Waals surface area contributed by atoms with Crippen molar-refractivity contribution in [2.75, 3.05) is 12.4 Å². The summed E-state index contributed by atoms with van der Waals surface area (Å²) in [4.78, 5) is 10.8. The van der Waals surface area contributed by atoms with Crippen LogP contribution in [-0.4, -0.2) is 18.1 Å². The van der Waals surface area contributed by atoms with E-state index in [1.807, 2.05) is 0 Å². The number of halogens is 1. The predicted octanol–water partition coefficient (Wildman–Crippen LogP) is 1.76. The number of hydrogen-bond donors (Lipinski definition) is 2. The van der Waals surface area contributed by atoms with E-state index in [-0.39, 0.29) is 5.91 Å². The van der Waals surface area contributed by atoms with Crippen LogP contribution in [0.5, 0.6) is 0 Å². The van der Waals surface area contributed by atoms with Gasteiger partial charge in [0.1, 0.15) is 0 Å². The third-order valence-corrected chi connectivity index (χ3v) is 1.96. The molecule has 80 valence electrons. The minimum Gasteiger partial charge on any atom is -0.326 e. The molecule has 0 fully saturated rings. The third-order valence-electron chi connectivity index (χ3n) is 1.65. The topological polar surface area (TPSA) is 53.5 Å². The molecule has 0 saturated carbocycles. The Morgan fingerprint density at radius 1 is 1.33 bits per heavy atom. The van der Waals surface area contributed by atoms with Crippen LogP contribution in [0.15, 0.2) is 29.4 Å². The minimum absolute atomic E-state index is 0.0993. The van der Waals surface area contributed by atoms with E-state index in [2.05, 4.69) is 15.8 Å². The molecule has 1 rings (SSSR count). The van der Waals surface area contributed by atoms with Crippen LogP contribution in [0.3, 0.4) is 0 Å². The van der Waals surface area contributed by atoms with Gasteiger partial charge in [-0.05, 0) is 24.3 Å². The van der Waals surface area contributed by atoms with Crippen molar-refractivity contribution in [2.24, 2.45) is 5.10 Å². The Kier molecular flexibility index (Phi) is 4.12. The first-order valence-corrected chi connectivity index (χ1v) is 4.79. The van der Waals surface area contributed by atoms with E-state index in [0.717, 1.165) is 11.3 Å². The van der Waals surface area contributed by atoms with Crippen LogP contribution in [0.4, 0.5) is 5.69 Å². The summed E-state index contributed by atoms with van der Waals surface area (Å²) in [6.07, 6.45) is 0. The van der Waals surface area contributed by atoms with E-state index >= 15 is 0 Å². The van der Waals surface area contributed by atoms with Crippen molar-refractivity contribution in [3.05, 3.63) is 29.8 Å². The number of hydrogen-bond acceptors (Lipinski definition) is 3. The number of anilines is 1. The fourth-order valence-corrected chi connectivity index (χ4v) is 1.27. The van der Waals surface area contributed by atoms with Gasteiger partial charge in [-0.25, -0.2) is 0 Å². The molecule has 0 spiro atoms. The maximum Gasteiger partial charge on any atom is 0.221 e. The standard InChI is InChI=1S/C10H12ClN3O/c1-7(15)13-9-5-3-8(4-6-9)10(11)14-12-2/h3-6,12H,1-2H3,(H,13,15)/b14-10-. The highest BCUT2D eigenvalue weighted by Gasteiger charge is 2.00. The average molecular weight is 226 g/mol. The van der Waals surface area contributed by atoms with Crippen LogP contribution in [0.2, 0.25) is 0 Å². The Hall–Kier alpha value is -1.55. The third kappa shape index (κ3) is 3.59. The largest absolute Gasteiger partial charge is 0.326 e. The molecular formula is C10H12ClN3O. The molecule has 0 aliphatic carbocycles. The lowest BCUT2D eigenvalue weighted by Gasteiger charge is -2.03. The first-order chi connectivity index (χ1) is 7.13. The fourth-order valence-electron chi connectivity index (χ4n) is 1.06. The van der Waals surface area contributed by atoms with E-state index in [9.17, 15) is 4.79 Å². The molecule has 1 amide bonds. The quantitative estimate of drug-likeness (QED) is 0.609. The molecule has 0 aliphatic heterocycles. The van der Waals surface area contributed by atoms with Gasteiger partial charge in [-0.15, -0.1) is 0 Å². The second-order valence-electron chi connectivity index (χ2n) is 2.88. The van der Waals surface area contributed by atoms with Crippen LogP contribution in [0, 0.1) is 0 Å². The number of hydrazone groups is 1. The second kappa shape index (κ2) is 5.36. The molecule has 0 heterocycles. The van der Waals surface area contributed by atoms with E-state index in [4.69, 9.17) is 11.6 Å². The van der Waals surface area contributed by atoms with Crippen molar-refractivity contribution in [2.45, 2.75) is 6.92 Å². The summed E-state index contributed by atoms with van der Waals surface area (Å²) >= 11 is 5.86. The highest BCUT2D eigenvalue weighted by Crippen LogP contribution is 2.11. The van der Waals surface area contributed by atoms with Crippen molar-refractivity contribution in [3.63, 3.8) is 0 Å². The zero-order valence-corrected chi connectivity index (χ0v) is 9.30. The van der Waals surface area contributed by atoms with Crippen LogP contribution < -0.4 is 10.7 Å². The van der Waals surface area contributed by atoms with Gasteiger partial charge >= 0.3 is 0 Å². The zero-order valence-electron chi connectivity index (χ0n) is 8.54. The lowest BCUT2D eigenvalue weighted by molar-refractivity contribution is -0.114. The molecule has 0 unspecified atom stereocenters. The summed E-state index contributed by atoms with van der Waals surface area (Å²) in [5.74, 6) is -0.0993. The molecule has 1 aromatic rings. The average Bonchev–Trinajstić information content (AvgIpc) is 2.18. The van der Waals surface area contributed by atoms with Gasteiger partial charge in [0.05, 0.1) is 0 Å². The van der Waals surface area contributed by atoms with Gasteiger partial charge in [0, 0.05) is 25.2 Å². The predicted molar refractivity (Wildman–Crippen MR) is 62.2 cm³/mol. The Morgan fingerprint density at radius 2 is 1.93 bits per heavy atom. The monoisotopic (exact) mass is 225 g/mol. The highest BCUT2D eigenvalue weighted by atomic mass is 35.5. The molecule has 0 saturated heterocycles. The van der Waals surface area contributed by atoms with Gasteiger partial charge in [-0.2, -0.15) is 5.10 Å². The van der Waals surface area contributed by atoms with Crippen LogP contribution in [0.25, 0.3) is 0 Å². The highest BCUT2D eigenvalue weighted by molar-refractivity contribution is 6.69. The molecule has 0 radical (unpaired) electrons. The molecule has 0 aromatic heterocycles. The van der Waals surface area contributed by atoms with Crippen molar-refractivity contribution in [3.8, 4) is 0 Å². The maximum atomic E-state index is 10.8. The number of amides is 1. The normalized spacial score (nSPS) is 11.0. The van der Waals surface area contributed by atoms with Crippen LogP contribution in [0.1, 0.15) is 12.5 Å². The number of benzene rings is 1. The van der Waals surface area contributed by atoms with Gasteiger partial charge in [0.25, 0.3) is 0 Å². The number of carbonyl (C=O) groups excluding carboxylic acids is 1. The second-order valence-corrected chi connectivity index (χ2v) is 3.24.